The van der Waals surface area contributed by atoms with Crippen molar-refractivity contribution >= 4 is 11.5 Å². The first-order valence-electron chi connectivity index (χ1n) is 6.17. The second-order valence-electron chi connectivity index (χ2n) is 4.67. The quantitative estimate of drug-likeness (QED) is 0.631. The summed E-state index contributed by atoms with van der Waals surface area (Å²) in [4.78, 5) is 14.6. The highest BCUT2D eigenvalue weighted by Gasteiger charge is 2.19. The molecule has 2 N–H and O–H groups in total. The second-order valence-corrected chi connectivity index (χ2v) is 4.67. The molecular weight excluding hydrogens is 232 g/mol. The Hall–Kier alpha value is -1.69. The van der Waals surface area contributed by atoms with Crippen LogP contribution in [-0.2, 0) is 0 Å². The number of rotatable bonds is 3. The molecule has 2 heterocycles. The second kappa shape index (κ2) is 5.30. The van der Waals surface area contributed by atoms with Crippen molar-refractivity contribution in [1.29, 1.82) is 0 Å². The third-order valence-electron chi connectivity index (χ3n) is 3.49. The number of hydrogen-bond acceptors (Lipinski definition) is 5. The molecule has 1 aliphatic rings. The van der Waals surface area contributed by atoms with E-state index in [9.17, 15) is 10.1 Å². The van der Waals surface area contributed by atoms with Crippen LogP contribution in [0, 0.1) is 24.0 Å². The van der Waals surface area contributed by atoms with Gasteiger partial charge in [-0.05, 0) is 39.8 Å². The summed E-state index contributed by atoms with van der Waals surface area (Å²) in [6.07, 6.45) is 3.44. The molecule has 2 rings (SSSR count). The highest BCUT2D eigenvalue weighted by molar-refractivity contribution is 5.55. The Morgan fingerprint density at radius 1 is 1.39 bits per heavy atom. The molecule has 1 aromatic heterocycles. The molecule has 0 atom stereocenters. The van der Waals surface area contributed by atoms with E-state index in [1.807, 2.05) is 6.92 Å². The first-order chi connectivity index (χ1) is 8.59. The molecule has 1 fully saturated rings. The van der Waals surface area contributed by atoms with E-state index in [-0.39, 0.29) is 10.6 Å². The molecule has 18 heavy (non-hydrogen) atoms. The SMILES string of the molecule is Cc1c([N+](=O)[O-])cnc(NC2CCNCC2)c1C. The van der Waals surface area contributed by atoms with Crippen molar-refractivity contribution in [3.05, 3.63) is 27.4 Å². The fourth-order valence-corrected chi connectivity index (χ4v) is 2.18. The summed E-state index contributed by atoms with van der Waals surface area (Å²) in [7, 11) is 0. The number of nitro groups is 1. The third-order valence-corrected chi connectivity index (χ3v) is 3.49. The van der Waals surface area contributed by atoms with Crippen LogP contribution in [0.5, 0.6) is 0 Å². The van der Waals surface area contributed by atoms with Crippen LogP contribution in [0.15, 0.2) is 6.20 Å². The van der Waals surface area contributed by atoms with Gasteiger partial charge in [0.25, 0.3) is 5.69 Å². The topological polar surface area (TPSA) is 80.1 Å². The minimum atomic E-state index is -0.385. The number of anilines is 1. The van der Waals surface area contributed by atoms with E-state index < -0.39 is 0 Å². The molecule has 0 aliphatic carbocycles. The van der Waals surface area contributed by atoms with Crippen LogP contribution in [0.25, 0.3) is 0 Å². The highest BCUT2D eigenvalue weighted by Crippen LogP contribution is 2.25. The van der Waals surface area contributed by atoms with E-state index in [4.69, 9.17) is 0 Å². The molecule has 1 aromatic rings. The molecule has 0 saturated carbocycles. The molecule has 6 nitrogen and oxygen atoms in total. The lowest BCUT2D eigenvalue weighted by Gasteiger charge is -2.25. The largest absolute Gasteiger partial charge is 0.367 e. The van der Waals surface area contributed by atoms with E-state index in [0.29, 0.717) is 11.6 Å². The van der Waals surface area contributed by atoms with Crippen LogP contribution in [0.4, 0.5) is 11.5 Å². The standard InChI is InChI=1S/C12H18N4O2/c1-8-9(2)12(14-7-11(8)16(17)18)15-10-3-5-13-6-4-10/h7,10,13H,3-6H2,1-2H3,(H,14,15). The van der Waals surface area contributed by atoms with E-state index in [2.05, 4.69) is 15.6 Å². The molecular formula is C12H18N4O2. The van der Waals surface area contributed by atoms with E-state index in [0.717, 1.165) is 37.3 Å². The van der Waals surface area contributed by atoms with Crippen molar-refractivity contribution in [2.75, 3.05) is 18.4 Å². The summed E-state index contributed by atoms with van der Waals surface area (Å²) >= 11 is 0. The molecule has 0 bridgehead atoms. The van der Waals surface area contributed by atoms with Gasteiger partial charge in [0.1, 0.15) is 12.0 Å². The number of pyridine rings is 1. The lowest BCUT2D eigenvalue weighted by molar-refractivity contribution is -0.385. The third kappa shape index (κ3) is 2.59. The summed E-state index contributed by atoms with van der Waals surface area (Å²) in [5.74, 6) is 0.769. The minimum Gasteiger partial charge on any atom is -0.367 e. The minimum absolute atomic E-state index is 0.0864. The predicted molar refractivity (Wildman–Crippen MR) is 69.9 cm³/mol. The Morgan fingerprint density at radius 3 is 2.67 bits per heavy atom. The lowest BCUT2D eigenvalue weighted by Crippen LogP contribution is -2.35. The van der Waals surface area contributed by atoms with Crippen molar-refractivity contribution in [1.82, 2.24) is 10.3 Å². The zero-order valence-corrected chi connectivity index (χ0v) is 10.7. The summed E-state index contributed by atoms with van der Waals surface area (Å²) in [6, 6.07) is 0.401. The van der Waals surface area contributed by atoms with Gasteiger partial charge in [0.15, 0.2) is 0 Å². The van der Waals surface area contributed by atoms with Crippen molar-refractivity contribution in [3.63, 3.8) is 0 Å². The van der Waals surface area contributed by atoms with Gasteiger partial charge in [-0.25, -0.2) is 4.98 Å². The van der Waals surface area contributed by atoms with Crippen molar-refractivity contribution < 1.29 is 4.92 Å². The Labute approximate surface area is 106 Å². The van der Waals surface area contributed by atoms with Crippen LogP contribution in [0.1, 0.15) is 24.0 Å². The number of aromatic nitrogens is 1. The molecule has 0 aromatic carbocycles. The van der Waals surface area contributed by atoms with Gasteiger partial charge >= 0.3 is 0 Å². The predicted octanol–water partition coefficient (Wildman–Crippen LogP) is 1.77. The maximum atomic E-state index is 10.8. The maximum Gasteiger partial charge on any atom is 0.290 e. The van der Waals surface area contributed by atoms with Crippen LogP contribution >= 0.6 is 0 Å². The molecule has 0 spiro atoms. The maximum absolute atomic E-state index is 10.8. The van der Waals surface area contributed by atoms with Crippen molar-refractivity contribution in [3.8, 4) is 0 Å². The fourth-order valence-electron chi connectivity index (χ4n) is 2.18. The lowest BCUT2D eigenvalue weighted by atomic mass is 10.1. The van der Waals surface area contributed by atoms with Crippen LogP contribution in [0.3, 0.4) is 0 Å². The van der Waals surface area contributed by atoms with Crippen molar-refractivity contribution in [2.45, 2.75) is 32.7 Å². The van der Waals surface area contributed by atoms with Gasteiger partial charge in [-0.1, -0.05) is 0 Å². The summed E-state index contributed by atoms with van der Waals surface area (Å²) in [6.45, 7) is 5.65. The average molecular weight is 250 g/mol. The van der Waals surface area contributed by atoms with Crippen LogP contribution in [-0.4, -0.2) is 29.0 Å². The first kappa shape index (κ1) is 12.8. The zero-order valence-electron chi connectivity index (χ0n) is 10.7. The average Bonchev–Trinajstić information content (AvgIpc) is 2.36. The number of nitrogens with zero attached hydrogens (tertiary/aromatic N) is 2. The van der Waals surface area contributed by atoms with Gasteiger partial charge in [-0.2, -0.15) is 0 Å². The first-order valence-corrected chi connectivity index (χ1v) is 6.17. The van der Waals surface area contributed by atoms with Gasteiger partial charge in [0.05, 0.1) is 4.92 Å². The van der Waals surface area contributed by atoms with Crippen LogP contribution in [0.2, 0.25) is 0 Å². The van der Waals surface area contributed by atoms with Gasteiger partial charge in [0, 0.05) is 17.2 Å². The zero-order chi connectivity index (χ0) is 13.1. The normalized spacial score (nSPS) is 16.6. The molecule has 0 amide bonds. The monoisotopic (exact) mass is 250 g/mol. The van der Waals surface area contributed by atoms with Gasteiger partial charge < -0.3 is 10.6 Å². The molecule has 0 radical (unpaired) electrons. The smallest absolute Gasteiger partial charge is 0.290 e. The molecule has 98 valence electrons. The molecule has 1 aliphatic heterocycles. The summed E-state index contributed by atoms with van der Waals surface area (Å²) in [5.41, 5.74) is 1.64. The molecule has 1 saturated heterocycles. The van der Waals surface area contributed by atoms with E-state index in [1.165, 1.54) is 6.20 Å². The Bertz CT molecular complexity index is 456. The van der Waals surface area contributed by atoms with E-state index in [1.54, 1.807) is 6.92 Å². The summed E-state index contributed by atoms with van der Waals surface area (Å²) in [5, 5.41) is 17.5. The van der Waals surface area contributed by atoms with Gasteiger partial charge in [0.2, 0.25) is 0 Å². The highest BCUT2D eigenvalue weighted by atomic mass is 16.6. The fraction of sp³-hybridized carbons (Fsp3) is 0.583. The van der Waals surface area contributed by atoms with Crippen molar-refractivity contribution in [2.24, 2.45) is 0 Å². The van der Waals surface area contributed by atoms with Crippen LogP contribution < -0.4 is 10.6 Å². The Morgan fingerprint density at radius 2 is 2.06 bits per heavy atom. The number of piperidine rings is 1. The number of hydrogen-bond donors (Lipinski definition) is 2. The summed E-state index contributed by atoms with van der Waals surface area (Å²) < 4.78 is 0. The van der Waals surface area contributed by atoms with Gasteiger partial charge in [-0.15, -0.1) is 0 Å². The van der Waals surface area contributed by atoms with Gasteiger partial charge in [-0.3, -0.25) is 10.1 Å². The Kier molecular flexibility index (Phi) is 3.76. The Balaban J connectivity index is 2.18. The molecule has 6 heteroatoms. The number of nitrogens with one attached hydrogen (secondary N) is 2. The van der Waals surface area contributed by atoms with E-state index >= 15 is 0 Å². The molecule has 0 unspecified atom stereocenters.